The Bertz CT molecular complexity index is 537. The van der Waals surface area contributed by atoms with Gasteiger partial charge in [0.1, 0.15) is 5.82 Å². The Balaban J connectivity index is 1.56. The molecule has 1 aromatic rings. The summed E-state index contributed by atoms with van der Waals surface area (Å²) in [7, 11) is 0. The molecule has 0 aromatic heterocycles. The van der Waals surface area contributed by atoms with Crippen LogP contribution in [0.15, 0.2) is 24.3 Å². The van der Waals surface area contributed by atoms with E-state index in [-0.39, 0.29) is 23.9 Å². The maximum Gasteiger partial charge on any atom is 0.236 e. The standard InChI is InChI=1S/C17H23FN2O3/c1-13-10-20(7-9-22-13)17(21)12-19-6-8-23-16(11-19)14-2-4-15(18)5-3-14/h2-5,13,16H,6-12H2,1H3/t13-,16+/m1/s1. The number of amides is 1. The lowest BCUT2D eigenvalue weighted by Crippen LogP contribution is -2.50. The van der Waals surface area contributed by atoms with E-state index in [1.54, 1.807) is 12.1 Å². The number of morpholine rings is 2. The van der Waals surface area contributed by atoms with Crippen LogP contribution in [-0.4, -0.2) is 67.7 Å². The number of halogens is 1. The van der Waals surface area contributed by atoms with Gasteiger partial charge < -0.3 is 14.4 Å². The Morgan fingerprint density at radius 1 is 1.17 bits per heavy atom. The average Bonchev–Trinajstić information content (AvgIpc) is 2.56. The van der Waals surface area contributed by atoms with E-state index in [1.807, 2.05) is 11.8 Å². The van der Waals surface area contributed by atoms with Crippen molar-refractivity contribution in [3.8, 4) is 0 Å². The van der Waals surface area contributed by atoms with Gasteiger partial charge in [0.25, 0.3) is 0 Å². The van der Waals surface area contributed by atoms with Gasteiger partial charge in [0.2, 0.25) is 5.91 Å². The summed E-state index contributed by atoms with van der Waals surface area (Å²) in [5.74, 6) is -0.113. The Hall–Kier alpha value is -1.50. The lowest BCUT2D eigenvalue weighted by molar-refractivity contribution is -0.141. The first-order valence-corrected chi connectivity index (χ1v) is 8.10. The first-order valence-electron chi connectivity index (χ1n) is 8.10. The lowest BCUT2D eigenvalue weighted by atomic mass is 10.1. The van der Waals surface area contributed by atoms with Crippen LogP contribution in [0.2, 0.25) is 0 Å². The summed E-state index contributed by atoms with van der Waals surface area (Å²) in [4.78, 5) is 16.4. The van der Waals surface area contributed by atoms with Crippen molar-refractivity contribution in [3.05, 3.63) is 35.6 Å². The molecular formula is C17H23FN2O3. The first kappa shape index (κ1) is 16.4. The molecule has 1 amide bonds. The minimum Gasteiger partial charge on any atom is -0.375 e. The Morgan fingerprint density at radius 2 is 1.91 bits per heavy atom. The van der Waals surface area contributed by atoms with Crippen LogP contribution in [0, 0.1) is 5.82 Å². The molecule has 0 unspecified atom stereocenters. The van der Waals surface area contributed by atoms with Gasteiger partial charge in [-0.3, -0.25) is 9.69 Å². The molecule has 2 aliphatic rings. The van der Waals surface area contributed by atoms with Gasteiger partial charge in [-0.15, -0.1) is 0 Å². The summed E-state index contributed by atoms with van der Waals surface area (Å²) in [6, 6.07) is 6.37. The number of ether oxygens (including phenoxy) is 2. The molecule has 6 heteroatoms. The van der Waals surface area contributed by atoms with E-state index in [0.29, 0.717) is 39.4 Å². The number of nitrogens with zero attached hydrogens (tertiary/aromatic N) is 2. The zero-order valence-electron chi connectivity index (χ0n) is 13.4. The molecule has 0 aliphatic carbocycles. The van der Waals surface area contributed by atoms with Crippen LogP contribution < -0.4 is 0 Å². The van der Waals surface area contributed by atoms with Gasteiger partial charge in [0.15, 0.2) is 0 Å². The Morgan fingerprint density at radius 3 is 2.65 bits per heavy atom. The molecule has 5 nitrogen and oxygen atoms in total. The summed E-state index contributed by atoms with van der Waals surface area (Å²) in [5, 5.41) is 0. The number of rotatable bonds is 3. The molecule has 3 rings (SSSR count). The maximum absolute atomic E-state index is 13.0. The molecule has 2 atom stereocenters. The molecule has 0 N–H and O–H groups in total. The number of benzene rings is 1. The van der Waals surface area contributed by atoms with E-state index >= 15 is 0 Å². The summed E-state index contributed by atoms with van der Waals surface area (Å²) < 4.78 is 24.3. The number of carbonyl (C=O) groups is 1. The van der Waals surface area contributed by atoms with Crippen molar-refractivity contribution >= 4 is 5.91 Å². The highest BCUT2D eigenvalue weighted by molar-refractivity contribution is 5.78. The maximum atomic E-state index is 13.0. The van der Waals surface area contributed by atoms with Gasteiger partial charge in [-0.25, -0.2) is 4.39 Å². The quantitative estimate of drug-likeness (QED) is 0.845. The fraction of sp³-hybridized carbons (Fsp3) is 0.588. The third kappa shape index (κ3) is 4.28. The molecule has 1 aromatic carbocycles. The second-order valence-corrected chi connectivity index (χ2v) is 6.17. The lowest BCUT2D eigenvalue weighted by Gasteiger charge is -2.36. The van der Waals surface area contributed by atoms with Crippen molar-refractivity contribution in [1.82, 2.24) is 9.80 Å². The van der Waals surface area contributed by atoms with Gasteiger partial charge in [0, 0.05) is 26.2 Å². The highest BCUT2D eigenvalue weighted by Gasteiger charge is 2.27. The molecule has 0 saturated carbocycles. The largest absolute Gasteiger partial charge is 0.375 e. The number of carbonyl (C=O) groups excluding carboxylic acids is 1. The minimum absolute atomic E-state index is 0.101. The smallest absolute Gasteiger partial charge is 0.236 e. The molecule has 2 heterocycles. The predicted molar refractivity (Wildman–Crippen MR) is 83.5 cm³/mol. The highest BCUT2D eigenvalue weighted by Crippen LogP contribution is 2.22. The topological polar surface area (TPSA) is 42.0 Å². The van der Waals surface area contributed by atoms with Crippen molar-refractivity contribution < 1.29 is 18.7 Å². The molecule has 23 heavy (non-hydrogen) atoms. The molecule has 0 spiro atoms. The van der Waals surface area contributed by atoms with Crippen LogP contribution in [0.3, 0.4) is 0 Å². The van der Waals surface area contributed by atoms with Crippen molar-refractivity contribution in [2.45, 2.75) is 19.1 Å². The van der Waals surface area contributed by atoms with E-state index in [4.69, 9.17) is 9.47 Å². The molecule has 2 aliphatic heterocycles. The summed E-state index contributed by atoms with van der Waals surface area (Å²) in [5.41, 5.74) is 0.948. The molecule has 126 valence electrons. The third-order valence-electron chi connectivity index (χ3n) is 4.35. The Labute approximate surface area is 136 Å². The molecule has 2 saturated heterocycles. The van der Waals surface area contributed by atoms with Crippen LogP contribution in [0.1, 0.15) is 18.6 Å². The van der Waals surface area contributed by atoms with E-state index in [9.17, 15) is 9.18 Å². The average molecular weight is 322 g/mol. The normalized spacial score (nSPS) is 26.3. The van der Waals surface area contributed by atoms with Crippen molar-refractivity contribution in [3.63, 3.8) is 0 Å². The van der Waals surface area contributed by atoms with E-state index < -0.39 is 0 Å². The summed E-state index contributed by atoms with van der Waals surface area (Å²) in [6.45, 7) is 6.27. The Kier molecular flexibility index (Phi) is 5.25. The molecular weight excluding hydrogens is 299 g/mol. The molecule has 0 radical (unpaired) electrons. The van der Waals surface area contributed by atoms with Crippen molar-refractivity contribution in [2.75, 3.05) is 45.9 Å². The van der Waals surface area contributed by atoms with Crippen LogP contribution in [0.4, 0.5) is 4.39 Å². The van der Waals surface area contributed by atoms with Gasteiger partial charge >= 0.3 is 0 Å². The second-order valence-electron chi connectivity index (χ2n) is 6.17. The van der Waals surface area contributed by atoms with Crippen molar-refractivity contribution in [2.24, 2.45) is 0 Å². The van der Waals surface area contributed by atoms with Gasteiger partial charge in [-0.1, -0.05) is 12.1 Å². The summed E-state index contributed by atoms with van der Waals surface area (Å²) >= 11 is 0. The molecule has 0 bridgehead atoms. The van der Waals surface area contributed by atoms with Crippen LogP contribution in [-0.2, 0) is 14.3 Å². The molecule has 2 fully saturated rings. The SMILES string of the molecule is C[C@@H]1CN(C(=O)CN2CCO[C@H](c3ccc(F)cc3)C2)CCO1. The highest BCUT2D eigenvalue weighted by atomic mass is 19.1. The van der Waals surface area contributed by atoms with Crippen LogP contribution in [0.25, 0.3) is 0 Å². The van der Waals surface area contributed by atoms with E-state index in [1.165, 1.54) is 12.1 Å². The zero-order chi connectivity index (χ0) is 16.2. The third-order valence-corrected chi connectivity index (χ3v) is 4.35. The number of hydrogen-bond acceptors (Lipinski definition) is 4. The fourth-order valence-electron chi connectivity index (χ4n) is 3.06. The summed E-state index contributed by atoms with van der Waals surface area (Å²) in [6.07, 6.45) is -0.00915. The predicted octanol–water partition coefficient (Wildman–Crippen LogP) is 1.45. The van der Waals surface area contributed by atoms with Gasteiger partial charge in [-0.2, -0.15) is 0 Å². The fourth-order valence-corrected chi connectivity index (χ4v) is 3.06. The van der Waals surface area contributed by atoms with Gasteiger partial charge in [-0.05, 0) is 24.6 Å². The van der Waals surface area contributed by atoms with E-state index in [0.717, 1.165) is 12.1 Å². The monoisotopic (exact) mass is 322 g/mol. The first-order chi connectivity index (χ1) is 11.1. The van der Waals surface area contributed by atoms with Crippen LogP contribution in [0.5, 0.6) is 0 Å². The van der Waals surface area contributed by atoms with Crippen LogP contribution >= 0.6 is 0 Å². The number of hydrogen-bond donors (Lipinski definition) is 0. The van der Waals surface area contributed by atoms with E-state index in [2.05, 4.69) is 4.90 Å². The zero-order valence-corrected chi connectivity index (χ0v) is 13.4. The minimum atomic E-state index is -0.252. The van der Waals surface area contributed by atoms with Gasteiger partial charge in [0.05, 0.1) is 32.0 Å². The van der Waals surface area contributed by atoms with Crippen molar-refractivity contribution in [1.29, 1.82) is 0 Å². The second kappa shape index (κ2) is 7.38.